The van der Waals surface area contributed by atoms with Crippen molar-refractivity contribution in [3.8, 4) is 0 Å². The highest BCUT2D eigenvalue weighted by atomic mass is 32.2. The molecule has 1 aliphatic rings. The van der Waals surface area contributed by atoms with Crippen LogP contribution in [0.2, 0.25) is 0 Å². The molecule has 0 fully saturated rings. The van der Waals surface area contributed by atoms with Gasteiger partial charge in [0.2, 0.25) is 10.0 Å². The van der Waals surface area contributed by atoms with E-state index in [4.69, 9.17) is 0 Å². The predicted molar refractivity (Wildman–Crippen MR) is 76.1 cm³/mol. The molecule has 0 saturated heterocycles. The summed E-state index contributed by atoms with van der Waals surface area (Å²) in [5.74, 6) is 0.214. The van der Waals surface area contributed by atoms with Gasteiger partial charge in [-0.05, 0) is 38.6 Å². The van der Waals surface area contributed by atoms with E-state index in [0.29, 0.717) is 19.0 Å². The van der Waals surface area contributed by atoms with Gasteiger partial charge in [-0.3, -0.25) is 0 Å². The highest BCUT2D eigenvalue weighted by molar-refractivity contribution is 7.89. The van der Waals surface area contributed by atoms with E-state index in [9.17, 15) is 8.42 Å². The molecule has 5 heteroatoms. The van der Waals surface area contributed by atoms with Crippen molar-refractivity contribution in [1.82, 2.24) is 10.0 Å². The van der Waals surface area contributed by atoms with Crippen molar-refractivity contribution in [3.05, 3.63) is 11.6 Å². The number of sulfonamides is 1. The zero-order valence-electron chi connectivity index (χ0n) is 11.5. The Hall–Kier alpha value is -0.390. The molecule has 0 spiro atoms. The molecule has 0 amide bonds. The van der Waals surface area contributed by atoms with Gasteiger partial charge >= 0.3 is 0 Å². The van der Waals surface area contributed by atoms with Crippen LogP contribution in [0, 0.1) is 0 Å². The van der Waals surface area contributed by atoms with Crippen LogP contribution < -0.4 is 10.0 Å². The molecule has 1 rings (SSSR count). The minimum Gasteiger partial charge on any atom is -0.314 e. The summed E-state index contributed by atoms with van der Waals surface area (Å²) < 4.78 is 26.1. The lowest BCUT2D eigenvalue weighted by atomic mass is 10.2. The normalized spacial score (nSPS) is 16.3. The smallest absolute Gasteiger partial charge is 0.211 e. The van der Waals surface area contributed by atoms with Crippen LogP contribution in [0.15, 0.2) is 11.6 Å². The zero-order chi connectivity index (χ0) is 13.4. The molecule has 0 bridgehead atoms. The first-order chi connectivity index (χ1) is 8.49. The van der Waals surface area contributed by atoms with Crippen molar-refractivity contribution >= 4 is 10.0 Å². The van der Waals surface area contributed by atoms with Crippen molar-refractivity contribution in [2.75, 3.05) is 18.8 Å². The van der Waals surface area contributed by atoms with Crippen LogP contribution in [0.3, 0.4) is 0 Å². The van der Waals surface area contributed by atoms with E-state index in [1.807, 2.05) is 0 Å². The van der Waals surface area contributed by atoms with E-state index in [2.05, 4.69) is 30.0 Å². The average molecular weight is 274 g/mol. The Labute approximate surface area is 111 Å². The highest BCUT2D eigenvalue weighted by Crippen LogP contribution is 2.19. The molecule has 0 saturated carbocycles. The van der Waals surface area contributed by atoms with Crippen LogP contribution >= 0.6 is 0 Å². The van der Waals surface area contributed by atoms with Gasteiger partial charge in [-0.15, -0.1) is 0 Å². The van der Waals surface area contributed by atoms with Gasteiger partial charge in [0.05, 0.1) is 5.75 Å². The van der Waals surface area contributed by atoms with Crippen LogP contribution in [-0.2, 0) is 10.0 Å². The number of allylic oxidation sites excluding steroid dienone is 1. The summed E-state index contributed by atoms with van der Waals surface area (Å²) in [6.07, 6.45) is 7.28. The number of hydrogen-bond acceptors (Lipinski definition) is 3. The fourth-order valence-corrected chi connectivity index (χ4v) is 3.14. The Kier molecular flexibility index (Phi) is 6.89. The third kappa shape index (κ3) is 7.13. The first-order valence-electron chi connectivity index (χ1n) is 6.88. The summed E-state index contributed by atoms with van der Waals surface area (Å²) in [6.45, 7) is 5.42. The number of nitrogens with one attached hydrogen (secondary N) is 2. The van der Waals surface area contributed by atoms with Crippen LogP contribution in [0.5, 0.6) is 0 Å². The Morgan fingerprint density at radius 2 is 2.11 bits per heavy atom. The van der Waals surface area contributed by atoms with Gasteiger partial charge in [0.25, 0.3) is 0 Å². The van der Waals surface area contributed by atoms with E-state index in [1.165, 1.54) is 12.0 Å². The Balaban J connectivity index is 2.11. The highest BCUT2D eigenvalue weighted by Gasteiger charge is 2.10. The van der Waals surface area contributed by atoms with Crippen LogP contribution in [-0.4, -0.2) is 33.3 Å². The van der Waals surface area contributed by atoms with Crippen LogP contribution in [0.25, 0.3) is 0 Å². The minimum atomic E-state index is -3.09. The fraction of sp³-hybridized carbons (Fsp3) is 0.846. The Morgan fingerprint density at radius 3 is 2.72 bits per heavy atom. The molecule has 0 aromatic carbocycles. The number of hydrogen-bond donors (Lipinski definition) is 2. The van der Waals surface area contributed by atoms with Gasteiger partial charge in [0, 0.05) is 12.6 Å². The second-order valence-electron chi connectivity index (χ2n) is 5.18. The van der Waals surface area contributed by atoms with E-state index < -0.39 is 10.0 Å². The van der Waals surface area contributed by atoms with Gasteiger partial charge in [-0.1, -0.05) is 25.5 Å². The second-order valence-corrected chi connectivity index (χ2v) is 7.11. The van der Waals surface area contributed by atoms with Gasteiger partial charge in [0.15, 0.2) is 0 Å². The van der Waals surface area contributed by atoms with Crippen molar-refractivity contribution in [3.63, 3.8) is 0 Å². The molecule has 2 N–H and O–H groups in total. The molecule has 0 atom stereocenters. The summed E-state index contributed by atoms with van der Waals surface area (Å²) in [4.78, 5) is 0. The third-order valence-corrected chi connectivity index (χ3v) is 4.52. The van der Waals surface area contributed by atoms with Crippen LogP contribution in [0.4, 0.5) is 0 Å². The Bertz CT molecular complexity index is 361. The molecule has 1 aliphatic carbocycles. The molecule has 0 aromatic heterocycles. The second kappa shape index (κ2) is 7.92. The van der Waals surface area contributed by atoms with Crippen LogP contribution in [0.1, 0.15) is 46.0 Å². The summed E-state index contributed by atoms with van der Waals surface area (Å²) in [5.41, 5.74) is 1.40. The summed E-state index contributed by atoms with van der Waals surface area (Å²) >= 11 is 0. The van der Waals surface area contributed by atoms with Crippen molar-refractivity contribution in [2.45, 2.75) is 52.0 Å². The standard InChI is InChI=1S/C13H26N2O2S/c1-12(2)14-9-5-11-18(16,17)15-10-8-13-6-3-4-7-13/h6,12,14-15H,3-5,7-11H2,1-2H3. The maximum Gasteiger partial charge on any atom is 0.211 e. The van der Waals surface area contributed by atoms with E-state index >= 15 is 0 Å². The first kappa shape index (κ1) is 15.7. The molecule has 18 heavy (non-hydrogen) atoms. The lowest BCUT2D eigenvalue weighted by molar-refractivity contribution is 0.561. The molecular weight excluding hydrogens is 248 g/mol. The lowest BCUT2D eigenvalue weighted by Gasteiger charge is -2.09. The summed E-state index contributed by atoms with van der Waals surface area (Å²) in [6, 6.07) is 0.412. The van der Waals surface area contributed by atoms with E-state index in [0.717, 1.165) is 25.8 Å². The van der Waals surface area contributed by atoms with E-state index in [1.54, 1.807) is 0 Å². The molecule has 0 radical (unpaired) electrons. The van der Waals surface area contributed by atoms with Crippen molar-refractivity contribution < 1.29 is 8.42 Å². The maximum atomic E-state index is 11.7. The van der Waals surface area contributed by atoms with Gasteiger partial charge in [0.1, 0.15) is 0 Å². The average Bonchev–Trinajstić information content (AvgIpc) is 2.77. The molecule has 0 aromatic rings. The SMILES string of the molecule is CC(C)NCCCS(=O)(=O)NCCC1=CCCC1. The summed E-state index contributed by atoms with van der Waals surface area (Å²) in [7, 11) is -3.09. The minimum absolute atomic E-state index is 0.214. The van der Waals surface area contributed by atoms with Gasteiger partial charge < -0.3 is 5.32 Å². The largest absolute Gasteiger partial charge is 0.314 e. The van der Waals surface area contributed by atoms with Gasteiger partial charge in [-0.25, -0.2) is 13.1 Å². The molecule has 4 nitrogen and oxygen atoms in total. The topological polar surface area (TPSA) is 58.2 Å². The number of rotatable bonds is 9. The monoisotopic (exact) mass is 274 g/mol. The van der Waals surface area contributed by atoms with E-state index in [-0.39, 0.29) is 5.75 Å². The maximum absolute atomic E-state index is 11.7. The Morgan fingerprint density at radius 1 is 1.33 bits per heavy atom. The quantitative estimate of drug-likeness (QED) is 0.498. The predicted octanol–water partition coefficient (Wildman–Crippen LogP) is 1.79. The molecule has 0 unspecified atom stereocenters. The molecular formula is C13H26N2O2S. The fourth-order valence-electron chi connectivity index (χ4n) is 2.06. The molecule has 106 valence electrons. The molecule has 0 aliphatic heterocycles. The van der Waals surface area contributed by atoms with Crippen molar-refractivity contribution in [2.24, 2.45) is 0 Å². The molecule has 0 heterocycles. The zero-order valence-corrected chi connectivity index (χ0v) is 12.4. The first-order valence-corrected chi connectivity index (χ1v) is 8.53. The third-order valence-electron chi connectivity index (χ3n) is 3.05. The van der Waals surface area contributed by atoms with Gasteiger partial charge in [-0.2, -0.15) is 0 Å². The van der Waals surface area contributed by atoms with Crippen molar-refractivity contribution in [1.29, 1.82) is 0 Å². The summed E-state index contributed by atoms with van der Waals surface area (Å²) in [5, 5.41) is 3.22. The lowest BCUT2D eigenvalue weighted by Crippen LogP contribution is -2.30.